The molecule has 0 aliphatic carbocycles. The van der Waals surface area contributed by atoms with Crippen LogP contribution in [0.25, 0.3) is 0 Å². The molecule has 0 unspecified atom stereocenters. The molecule has 0 saturated heterocycles. The van der Waals surface area contributed by atoms with Gasteiger partial charge in [0.1, 0.15) is 0 Å². The maximum atomic E-state index is 12.1. The van der Waals surface area contributed by atoms with Gasteiger partial charge < -0.3 is 10.3 Å². The topological polar surface area (TPSA) is 98.2 Å². The van der Waals surface area contributed by atoms with Crippen LogP contribution in [0, 0.1) is 0 Å². The normalized spacial score (nSPS) is 11.6. The molecule has 0 saturated carbocycles. The van der Waals surface area contributed by atoms with Crippen molar-refractivity contribution in [2.75, 3.05) is 5.73 Å². The highest BCUT2D eigenvalue weighted by Gasteiger charge is 2.15. The minimum atomic E-state index is -3.60. The monoisotopic (exact) mass is 281 g/mol. The lowest BCUT2D eigenvalue weighted by molar-refractivity contribution is 0.380. The number of hydrogen-bond acceptors (Lipinski definition) is 5. The van der Waals surface area contributed by atoms with Crippen molar-refractivity contribution < 1.29 is 12.9 Å². The third kappa shape index (κ3) is 3.12. The SMILES string of the molecule is CCc1ccc(S(=O)(=O)NCc2ccno2)cc1N. The molecule has 1 heterocycles. The predicted octanol–water partition coefficient (Wildman–Crippen LogP) is 1.30. The van der Waals surface area contributed by atoms with Gasteiger partial charge in [-0.3, -0.25) is 0 Å². The quantitative estimate of drug-likeness (QED) is 0.805. The number of nitrogen functional groups attached to an aromatic ring is 1. The van der Waals surface area contributed by atoms with Crippen LogP contribution in [0.3, 0.4) is 0 Å². The molecule has 1 aromatic carbocycles. The summed E-state index contributed by atoms with van der Waals surface area (Å²) in [6.45, 7) is 2.01. The van der Waals surface area contributed by atoms with E-state index in [1.807, 2.05) is 6.92 Å². The molecule has 2 rings (SSSR count). The number of anilines is 1. The summed E-state index contributed by atoms with van der Waals surface area (Å²) >= 11 is 0. The zero-order valence-electron chi connectivity index (χ0n) is 10.5. The summed E-state index contributed by atoms with van der Waals surface area (Å²) in [5, 5.41) is 3.50. The van der Waals surface area contributed by atoms with Crippen LogP contribution in [-0.4, -0.2) is 13.6 Å². The lowest BCUT2D eigenvalue weighted by Gasteiger charge is -2.08. The van der Waals surface area contributed by atoms with Gasteiger partial charge in [0.15, 0.2) is 5.76 Å². The van der Waals surface area contributed by atoms with Gasteiger partial charge in [-0.25, -0.2) is 13.1 Å². The Morgan fingerprint density at radius 1 is 1.37 bits per heavy atom. The van der Waals surface area contributed by atoms with Gasteiger partial charge in [-0.1, -0.05) is 18.1 Å². The molecule has 0 aliphatic rings. The Hall–Kier alpha value is -1.86. The Morgan fingerprint density at radius 3 is 2.74 bits per heavy atom. The van der Waals surface area contributed by atoms with E-state index in [1.165, 1.54) is 18.3 Å². The van der Waals surface area contributed by atoms with Crippen molar-refractivity contribution in [3.63, 3.8) is 0 Å². The van der Waals surface area contributed by atoms with E-state index in [9.17, 15) is 8.42 Å². The van der Waals surface area contributed by atoms with Crippen LogP contribution in [-0.2, 0) is 23.0 Å². The number of rotatable bonds is 5. The molecule has 0 fully saturated rings. The summed E-state index contributed by atoms with van der Waals surface area (Å²) in [7, 11) is -3.60. The van der Waals surface area contributed by atoms with Gasteiger partial charge in [-0.05, 0) is 24.1 Å². The number of nitrogens with one attached hydrogen (secondary N) is 1. The highest BCUT2D eigenvalue weighted by Crippen LogP contribution is 2.18. The van der Waals surface area contributed by atoms with Gasteiger partial charge in [-0.2, -0.15) is 0 Å². The Kier molecular flexibility index (Phi) is 3.87. The minimum Gasteiger partial charge on any atom is -0.398 e. The number of sulfonamides is 1. The number of aromatic nitrogens is 1. The van der Waals surface area contributed by atoms with E-state index in [-0.39, 0.29) is 11.4 Å². The summed E-state index contributed by atoms with van der Waals surface area (Å²) < 4.78 is 31.3. The fourth-order valence-electron chi connectivity index (χ4n) is 1.64. The summed E-state index contributed by atoms with van der Waals surface area (Å²) in [5.41, 5.74) is 7.20. The van der Waals surface area contributed by atoms with Gasteiger partial charge in [0.2, 0.25) is 10.0 Å². The van der Waals surface area contributed by atoms with Crippen molar-refractivity contribution in [3.05, 3.63) is 41.8 Å². The number of nitrogens with two attached hydrogens (primary N) is 1. The van der Waals surface area contributed by atoms with Crippen molar-refractivity contribution in [2.45, 2.75) is 24.8 Å². The zero-order valence-corrected chi connectivity index (χ0v) is 11.3. The number of benzene rings is 1. The van der Waals surface area contributed by atoms with Crippen molar-refractivity contribution in [2.24, 2.45) is 0 Å². The third-order valence-electron chi connectivity index (χ3n) is 2.74. The number of nitrogens with zero attached hydrogens (tertiary/aromatic N) is 1. The number of aryl methyl sites for hydroxylation is 1. The highest BCUT2D eigenvalue weighted by molar-refractivity contribution is 7.89. The van der Waals surface area contributed by atoms with Gasteiger partial charge >= 0.3 is 0 Å². The average molecular weight is 281 g/mol. The largest absolute Gasteiger partial charge is 0.398 e. The standard InChI is InChI=1S/C12H15N3O3S/c1-2-9-3-4-11(7-12(9)13)19(16,17)15-8-10-5-6-14-18-10/h3-7,15H,2,8,13H2,1H3. The van der Waals surface area contributed by atoms with Gasteiger partial charge in [-0.15, -0.1) is 0 Å². The summed E-state index contributed by atoms with van der Waals surface area (Å²) in [6.07, 6.45) is 2.22. The predicted molar refractivity (Wildman–Crippen MR) is 70.8 cm³/mol. The second-order valence-corrected chi connectivity index (χ2v) is 5.78. The maximum absolute atomic E-state index is 12.1. The number of hydrogen-bond donors (Lipinski definition) is 2. The summed E-state index contributed by atoms with van der Waals surface area (Å²) in [4.78, 5) is 0.140. The second-order valence-electron chi connectivity index (χ2n) is 4.02. The summed E-state index contributed by atoms with van der Waals surface area (Å²) in [5.74, 6) is 0.446. The lowest BCUT2D eigenvalue weighted by Crippen LogP contribution is -2.23. The fourth-order valence-corrected chi connectivity index (χ4v) is 2.67. The molecule has 1 aromatic heterocycles. The molecule has 0 amide bonds. The van der Waals surface area contributed by atoms with E-state index in [0.29, 0.717) is 11.4 Å². The first kappa shape index (κ1) is 13.6. The first-order chi connectivity index (χ1) is 9.03. The Bertz CT molecular complexity index is 651. The first-order valence-corrected chi connectivity index (χ1v) is 7.29. The van der Waals surface area contributed by atoms with Crippen molar-refractivity contribution in [1.82, 2.24) is 9.88 Å². The Morgan fingerprint density at radius 2 is 2.16 bits per heavy atom. The van der Waals surface area contributed by atoms with Crippen molar-refractivity contribution in [1.29, 1.82) is 0 Å². The minimum absolute atomic E-state index is 0.0533. The van der Waals surface area contributed by atoms with Crippen LogP contribution >= 0.6 is 0 Å². The highest BCUT2D eigenvalue weighted by atomic mass is 32.2. The summed E-state index contributed by atoms with van der Waals surface area (Å²) in [6, 6.07) is 6.31. The molecular formula is C12H15N3O3S. The van der Waals surface area contributed by atoms with E-state index in [1.54, 1.807) is 12.1 Å². The lowest BCUT2D eigenvalue weighted by atomic mass is 10.1. The molecule has 102 valence electrons. The fraction of sp³-hybridized carbons (Fsp3) is 0.250. The third-order valence-corrected chi connectivity index (χ3v) is 4.14. The van der Waals surface area contributed by atoms with Crippen LogP contribution in [0.15, 0.2) is 39.9 Å². The zero-order chi connectivity index (χ0) is 13.9. The molecule has 3 N–H and O–H groups in total. The van der Waals surface area contributed by atoms with Gasteiger partial charge in [0, 0.05) is 11.8 Å². The van der Waals surface area contributed by atoms with Crippen molar-refractivity contribution in [3.8, 4) is 0 Å². The molecule has 0 bridgehead atoms. The molecule has 2 aromatic rings. The molecule has 0 aliphatic heterocycles. The van der Waals surface area contributed by atoms with Crippen LogP contribution in [0.4, 0.5) is 5.69 Å². The molecule has 0 radical (unpaired) electrons. The van der Waals surface area contributed by atoms with Crippen molar-refractivity contribution >= 4 is 15.7 Å². The van der Waals surface area contributed by atoms with E-state index in [4.69, 9.17) is 10.3 Å². The maximum Gasteiger partial charge on any atom is 0.241 e. The second kappa shape index (κ2) is 5.41. The molecule has 0 atom stereocenters. The average Bonchev–Trinajstić information content (AvgIpc) is 2.89. The molecule has 19 heavy (non-hydrogen) atoms. The van der Waals surface area contributed by atoms with E-state index in [0.717, 1.165) is 12.0 Å². The van der Waals surface area contributed by atoms with Gasteiger partial charge in [0.25, 0.3) is 0 Å². The van der Waals surface area contributed by atoms with E-state index >= 15 is 0 Å². The van der Waals surface area contributed by atoms with Crippen LogP contribution in [0.2, 0.25) is 0 Å². The van der Waals surface area contributed by atoms with Crippen LogP contribution < -0.4 is 10.5 Å². The Balaban J connectivity index is 2.17. The van der Waals surface area contributed by atoms with Crippen LogP contribution in [0.5, 0.6) is 0 Å². The molecule has 6 nitrogen and oxygen atoms in total. The van der Waals surface area contributed by atoms with Gasteiger partial charge in [0.05, 0.1) is 17.6 Å². The van der Waals surface area contributed by atoms with E-state index in [2.05, 4.69) is 9.88 Å². The molecule has 0 spiro atoms. The van der Waals surface area contributed by atoms with Crippen LogP contribution in [0.1, 0.15) is 18.2 Å². The first-order valence-electron chi connectivity index (χ1n) is 5.80. The molecular weight excluding hydrogens is 266 g/mol. The van der Waals surface area contributed by atoms with E-state index < -0.39 is 10.0 Å². The molecule has 7 heteroatoms. The smallest absolute Gasteiger partial charge is 0.241 e. The Labute approximate surface area is 111 Å².